The van der Waals surface area contributed by atoms with Crippen molar-refractivity contribution < 1.29 is 9.18 Å². The molecular formula is C17H14BrFN2O. The fourth-order valence-electron chi connectivity index (χ4n) is 2.62. The average Bonchev–Trinajstić information content (AvgIpc) is 2.92. The van der Waals surface area contributed by atoms with Gasteiger partial charge in [0.15, 0.2) is 0 Å². The van der Waals surface area contributed by atoms with Gasteiger partial charge in [-0.15, -0.1) is 0 Å². The Morgan fingerprint density at radius 1 is 1.27 bits per heavy atom. The largest absolute Gasteiger partial charge is 0.273 e. The third-order valence-electron chi connectivity index (χ3n) is 3.62. The monoisotopic (exact) mass is 360 g/mol. The highest BCUT2D eigenvalue weighted by atomic mass is 79.9. The molecule has 0 saturated carbocycles. The predicted molar refractivity (Wildman–Crippen MR) is 87.0 cm³/mol. The van der Waals surface area contributed by atoms with Crippen LogP contribution in [0.5, 0.6) is 0 Å². The van der Waals surface area contributed by atoms with Crippen LogP contribution in [-0.2, 0) is 4.79 Å². The Kier molecular flexibility index (Phi) is 4.07. The molecular weight excluding hydrogens is 347 g/mol. The smallest absolute Gasteiger partial charge is 0.240 e. The second kappa shape index (κ2) is 6.01. The Morgan fingerprint density at radius 2 is 2.05 bits per heavy atom. The van der Waals surface area contributed by atoms with Crippen molar-refractivity contribution in [2.45, 2.75) is 19.4 Å². The van der Waals surface area contributed by atoms with E-state index >= 15 is 0 Å². The van der Waals surface area contributed by atoms with Crippen LogP contribution in [0.3, 0.4) is 0 Å². The molecule has 1 heterocycles. The number of benzene rings is 2. The van der Waals surface area contributed by atoms with E-state index in [0.717, 1.165) is 21.3 Å². The Bertz CT molecular complexity index is 760. The van der Waals surface area contributed by atoms with Gasteiger partial charge in [-0.3, -0.25) is 4.79 Å². The van der Waals surface area contributed by atoms with E-state index in [0.29, 0.717) is 6.42 Å². The minimum Gasteiger partial charge on any atom is -0.273 e. The van der Waals surface area contributed by atoms with Crippen molar-refractivity contribution in [2.75, 3.05) is 0 Å². The number of carbonyl (C=O) groups excluding carboxylic acids is 1. The standard InChI is InChI=1S/C17H14BrFN2O/c1-11(22)21-17(13-5-3-7-15(19)9-13)10-16(20-21)12-4-2-6-14(18)8-12/h2-9,17H,10H2,1H3/t17-/m0/s1. The normalized spacial score (nSPS) is 17.5. The number of hydrogen-bond donors (Lipinski definition) is 0. The molecule has 1 amide bonds. The van der Waals surface area contributed by atoms with Gasteiger partial charge in [-0.1, -0.05) is 40.2 Å². The van der Waals surface area contributed by atoms with E-state index < -0.39 is 0 Å². The van der Waals surface area contributed by atoms with Crippen molar-refractivity contribution in [3.8, 4) is 0 Å². The summed E-state index contributed by atoms with van der Waals surface area (Å²) in [6.45, 7) is 1.47. The molecule has 0 fully saturated rings. The van der Waals surface area contributed by atoms with Crippen molar-refractivity contribution in [1.82, 2.24) is 5.01 Å². The van der Waals surface area contributed by atoms with Gasteiger partial charge in [0, 0.05) is 17.8 Å². The van der Waals surface area contributed by atoms with E-state index in [4.69, 9.17) is 0 Å². The maximum Gasteiger partial charge on any atom is 0.240 e. The van der Waals surface area contributed by atoms with Gasteiger partial charge in [-0.25, -0.2) is 9.40 Å². The first-order chi connectivity index (χ1) is 10.5. The van der Waals surface area contributed by atoms with Crippen LogP contribution in [-0.4, -0.2) is 16.6 Å². The zero-order valence-electron chi connectivity index (χ0n) is 12.0. The number of hydrazone groups is 1. The maximum absolute atomic E-state index is 13.5. The highest BCUT2D eigenvalue weighted by molar-refractivity contribution is 9.10. The number of halogens is 2. The van der Waals surface area contributed by atoms with E-state index in [-0.39, 0.29) is 17.8 Å². The molecule has 3 nitrogen and oxygen atoms in total. The van der Waals surface area contributed by atoms with Crippen LogP contribution < -0.4 is 0 Å². The van der Waals surface area contributed by atoms with Gasteiger partial charge in [0.05, 0.1) is 11.8 Å². The molecule has 2 aromatic carbocycles. The molecule has 2 aromatic rings. The summed E-state index contributed by atoms with van der Waals surface area (Å²) in [5, 5.41) is 5.88. The summed E-state index contributed by atoms with van der Waals surface area (Å²) in [6.07, 6.45) is 0.569. The van der Waals surface area contributed by atoms with Crippen LogP contribution in [0.25, 0.3) is 0 Å². The highest BCUT2D eigenvalue weighted by Crippen LogP contribution is 2.33. The zero-order chi connectivity index (χ0) is 15.7. The van der Waals surface area contributed by atoms with Gasteiger partial charge in [0.2, 0.25) is 5.91 Å². The predicted octanol–water partition coefficient (Wildman–Crippen LogP) is 4.29. The zero-order valence-corrected chi connectivity index (χ0v) is 13.5. The molecule has 0 bridgehead atoms. The molecule has 0 radical (unpaired) electrons. The van der Waals surface area contributed by atoms with Crippen LogP contribution in [0.1, 0.15) is 30.5 Å². The lowest BCUT2D eigenvalue weighted by Crippen LogP contribution is -2.24. The quantitative estimate of drug-likeness (QED) is 0.786. The molecule has 5 heteroatoms. The molecule has 1 aliphatic heterocycles. The highest BCUT2D eigenvalue weighted by Gasteiger charge is 2.31. The van der Waals surface area contributed by atoms with E-state index in [1.807, 2.05) is 30.3 Å². The number of hydrogen-bond acceptors (Lipinski definition) is 2. The Labute approximate surface area is 136 Å². The third kappa shape index (κ3) is 2.95. The van der Waals surface area contributed by atoms with Gasteiger partial charge in [-0.05, 0) is 35.4 Å². The second-order valence-corrected chi connectivity index (χ2v) is 6.11. The topological polar surface area (TPSA) is 32.7 Å². The lowest BCUT2D eigenvalue weighted by atomic mass is 9.98. The summed E-state index contributed by atoms with van der Waals surface area (Å²) in [6, 6.07) is 13.8. The van der Waals surface area contributed by atoms with Gasteiger partial charge in [-0.2, -0.15) is 5.10 Å². The summed E-state index contributed by atoms with van der Waals surface area (Å²) in [4.78, 5) is 11.9. The van der Waals surface area contributed by atoms with Crippen LogP contribution in [0.4, 0.5) is 4.39 Å². The summed E-state index contributed by atoms with van der Waals surface area (Å²) >= 11 is 3.44. The van der Waals surface area contributed by atoms with Crippen LogP contribution in [0.2, 0.25) is 0 Å². The Hall–Kier alpha value is -2.01. The fourth-order valence-corrected chi connectivity index (χ4v) is 3.02. The lowest BCUT2D eigenvalue weighted by molar-refractivity contribution is -0.130. The number of rotatable bonds is 2. The van der Waals surface area contributed by atoms with E-state index in [2.05, 4.69) is 21.0 Å². The SMILES string of the molecule is CC(=O)N1N=C(c2cccc(Br)c2)C[C@H]1c1cccc(F)c1. The molecule has 112 valence electrons. The van der Waals surface area contributed by atoms with Crippen LogP contribution in [0, 0.1) is 5.82 Å². The Morgan fingerprint density at radius 3 is 2.73 bits per heavy atom. The van der Waals surface area contributed by atoms with Crippen molar-refractivity contribution in [3.05, 3.63) is 69.9 Å². The Balaban J connectivity index is 1.96. The first-order valence-corrected chi connectivity index (χ1v) is 7.72. The van der Waals surface area contributed by atoms with Gasteiger partial charge >= 0.3 is 0 Å². The first kappa shape index (κ1) is 14.9. The summed E-state index contributed by atoms with van der Waals surface area (Å²) < 4.78 is 14.4. The van der Waals surface area contributed by atoms with Crippen LogP contribution in [0.15, 0.2) is 58.1 Å². The van der Waals surface area contributed by atoms with E-state index in [1.165, 1.54) is 24.1 Å². The van der Waals surface area contributed by atoms with Crippen LogP contribution >= 0.6 is 15.9 Å². The lowest BCUT2D eigenvalue weighted by Gasteiger charge is -2.20. The molecule has 0 unspecified atom stereocenters. The maximum atomic E-state index is 13.5. The third-order valence-corrected chi connectivity index (χ3v) is 4.12. The molecule has 3 rings (SSSR count). The van der Waals surface area contributed by atoms with Crippen molar-refractivity contribution in [3.63, 3.8) is 0 Å². The minimum absolute atomic E-state index is 0.153. The summed E-state index contributed by atoms with van der Waals surface area (Å²) in [7, 11) is 0. The van der Waals surface area contributed by atoms with Crippen molar-refractivity contribution in [1.29, 1.82) is 0 Å². The molecule has 22 heavy (non-hydrogen) atoms. The fraction of sp³-hybridized carbons (Fsp3) is 0.176. The van der Waals surface area contributed by atoms with E-state index in [9.17, 15) is 9.18 Å². The minimum atomic E-state index is -0.308. The van der Waals surface area contributed by atoms with E-state index in [1.54, 1.807) is 6.07 Å². The molecule has 1 atom stereocenters. The number of carbonyl (C=O) groups is 1. The average molecular weight is 361 g/mol. The van der Waals surface area contributed by atoms with Gasteiger partial charge in [0.1, 0.15) is 5.82 Å². The molecule has 0 aromatic heterocycles. The molecule has 0 aliphatic carbocycles. The molecule has 0 N–H and O–H groups in total. The van der Waals surface area contributed by atoms with Crippen molar-refractivity contribution >= 4 is 27.5 Å². The molecule has 0 spiro atoms. The molecule has 0 saturated heterocycles. The summed E-state index contributed by atoms with van der Waals surface area (Å²) in [5.74, 6) is -0.462. The van der Waals surface area contributed by atoms with Gasteiger partial charge < -0.3 is 0 Å². The first-order valence-electron chi connectivity index (χ1n) is 6.93. The number of amides is 1. The van der Waals surface area contributed by atoms with Crippen molar-refractivity contribution in [2.24, 2.45) is 5.10 Å². The number of nitrogens with zero attached hydrogens (tertiary/aromatic N) is 2. The van der Waals surface area contributed by atoms with Gasteiger partial charge in [0.25, 0.3) is 0 Å². The molecule has 1 aliphatic rings. The second-order valence-electron chi connectivity index (χ2n) is 5.20. The summed E-state index contributed by atoms with van der Waals surface area (Å²) in [5.41, 5.74) is 2.54.